The first kappa shape index (κ1) is 20.4. The van der Waals surface area contributed by atoms with E-state index in [1.54, 1.807) is 19.2 Å². The number of carbonyl (C=O) groups is 2. The summed E-state index contributed by atoms with van der Waals surface area (Å²) in [4.78, 5) is 25.4. The van der Waals surface area contributed by atoms with Gasteiger partial charge in [-0.3, -0.25) is 9.59 Å². The second-order valence-corrected chi connectivity index (χ2v) is 5.60. The number of carbonyl (C=O) groups excluding carboxylic acids is 2. The fraction of sp³-hybridized carbons (Fsp3) is 0.529. The van der Waals surface area contributed by atoms with Crippen molar-refractivity contribution in [2.75, 3.05) is 40.6 Å². The molecule has 1 aromatic rings. The van der Waals surface area contributed by atoms with Crippen LogP contribution in [-0.4, -0.2) is 57.4 Å². The van der Waals surface area contributed by atoms with Gasteiger partial charge in [0.25, 0.3) is 0 Å². The van der Waals surface area contributed by atoms with E-state index in [1.807, 2.05) is 12.1 Å². The molecule has 0 aromatic heterocycles. The Labute approximate surface area is 147 Å². The van der Waals surface area contributed by atoms with Gasteiger partial charge in [-0.05, 0) is 24.1 Å². The van der Waals surface area contributed by atoms with Crippen LogP contribution in [-0.2, 0) is 30.3 Å². The van der Waals surface area contributed by atoms with Crippen molar-refractivity contribution in [3.8, 4) is 0 Å². The molecule has 0 bridgehead atoms. The molecule has 134 valence electrons. The summed E-state index contributed by atoms with van der Waals surface area (Å²) in [5, 5.41) is 0.623. The predicted octanol–water partition coefficient (Wildman–Crippen LogP) is 2.28. The molecule has 1 aromatic carbocycles. The highest BCUT2D eigenvalue weighted by molar-refractivity contribution is 6.30. The van der Waals surface area contributed by atoms with Gasteiger partial charge >= 0.3 is 5.97 Å². The minimum atomic E-state index is -0.450. The fourth-order valence-electron chi connectivity index (χ4n) is 1.99. The van der Waals surface area contributed by atoms with Crippen molar-refractivity contribution >= 4 is 23.5 Å². The maximum absolute atomic E-state index is 12.4. The molecule has 0 saturated heterocycles. The molecule has 1 amide bonds. The lowest BCUT2D eigenvalue weighted by Crippen LogP contribution is -2.35. The maximum atomic E-state index is 12.4. The molecular weight excluding hydrogens is 334 g/mol. The number of halogens is 1. The summed E-state index contributed by atoms with van der Waals surface area (Å²) in [5.74, 6) is -0.570. The number of hydrogen-bond acceptors (Lipinski definition) is 5. The van der Waals surface area contributed by atoms with Gasteiger partial charge in [0.05, 0.1) is 20.3 Å². The molecule has 0 heterocycles. The van der Waals surface area contributed by atoms with Crippen LogP contribution in [0.3, 0.4) is 0 Å². The number of ether oxygens (including phenoxy) is 3. The normalized spacial score (nSPS) is 10.5. The molecule has 1 rings (SSSR count). The van der Waals surface area contributed by atoms with Gasteiger partial charge in [-0.1, -0.05) is 23.7 Å². The largest absolute Gasteiger partial charge is 0.468 e. The average molecular weight is 358 g/mol. The Balaban J connectivity index is 2.52. The van der Waals surface area contributed by atoms with Crippen molar-refractivity contribution in [3.05, 3.63) is 34.9 Å². The fourth-order valence-corrected chi connectivity index (χ4v) is 2.12. The third-order valence-electron chi connectivity index (χ3n) is 3.30. The SMILES string of the molecule is COCCOCCCC(=O)N(CC(=O)OC)Cc1ccc(Cl)cc1. The van der Waals surface area contributed by atoms with Crippen LogP contribution in [0.4, 0.5) is 0 Å². The lowest BCUT2D eigenvalue weighted by Gasteiger charge is -2.21. The third kappa shape index (κ3) is 8.29. The monoisotopic (exact) mass is 357 g/mol. The van der Waals surface area contributed by atoms with E-state index >= 15 is 0 Å². The third-order valence-corrected chi connectivity index (χ3v) is 3.55. The van der Waals surface area contributed by atoms with Gasteiger partial charge in [0.15, 0.2) is 0 Å². The van der Waals surface area contributed by atoms with Crippen LogP contribution in [0, 0.1) is 0 Å². The second-order valence-electron chi connectivity index (χ2n) is 5.16. The number of nitrogens with zero attached hydrogens (tertiary/aromatic N) is 1. The number of esters is 1. The molecule has 24 heavy (non-hydrogen) atoms. The second kappa shape index (κ2) is 11.8. The minimum Gasteiger partial charge on any atom is -0.468 e. The van der Waals surface area contributed by atoms with Gasteiger partial charge in [0, 0.05) is 31.7 Å². The standard InChI is InChI=1S/C17H24ClNO5/c1-22-10-11-24-9-3-4-16(20)19(13-17(21)23-2)12-14-5-7-15(18)8-6-14/h5-8H,3-4,9-13H2,1-2H3. The molecule has 0 spiro atoms. The molecule has 0 aliphatic heterocycles. The van der Waals surface area contributed by atoms with Crippen LogP contribution in [0.1, 0.15) is 18.4 Å². The first-order chi connectivity index (χ1) is 11.6. The van der Waals surface area contributed by atoms with E-state index < -0.39 is 5.97 Å². The first-order valence-corrected chi connectivity index (χ1v) is 8.10. The van der Waals surface area contributed by atoms with Gasteiger partial charge in [-0.25, -0.2) is 0 Å². The lowest BCUT2D eigenvalue weighted by atomic mass is 10.2. The van der Waals surface area contributed by atoms with E-state index in [9.17, 15) is 9.59 Å². The molecule has 0 fully saturated rings. The highest BCUT2D eigenvalue weighted by Crippen LogP contribution is 2.12. The van der Waals surface area contributed by atoms with E-state index in [4.69, 9.17) is 21.1 Å². The quantitative estimate of drug-likeness (QED) is 0.449. The molecule has 0 aliphatic carbocycles. The van der Waals surface area contributed by atoms with E-state index in [2.05, 4.69) is 4.74 Å². The molecule has 0 N–H and O–H groups in total. The summed E-state index contributed by atoms with van der Waals surface area (Å²) in [6.45, 7) is 1.75. The molecule has 6 nitrogen and oxygen atoms in total. The summed E-state index contributed by atoms with van der Waals surface area (Å²) in [6, 6.07) is 7.16. The Kier molecular flexibility index (Phi) is 10.1. The number of rotatable bonds is 11. The summed E-state index contributed by atoms with van der Waals surface area (Å²) in [5.41, 5.74) is 0.896. The molecule has 0 atom stereocenters. The van der Waals surface area contributed by atoms with Crippen molar-refractivity contribution in [2.24, 2.45) is 0 Å². The van der Waals surface area contributed by atoms with Gasteiger partial charge in [0.1, 0.15) is 6.54 Å². The highest BCUT2D eigenvalue weighted by atomic mass is 35.5. The number of hydrogen-bond donors (Lipinski definition) is 0. The van der Waals surface area contributed by atoms with E-state index in [0.29, 0.717) is 44.2 Å². The summed E-state index contributed by atoms with van der Waals surface area (Å²) in [7, 11) is 2.91. The number of methoxy groups -OCH3 is 2. The Bertz CT molecular complexity index is 506. The lowest BCUT2D eigenvalue weighted by molar-refractivity contribution is -0.147. The molecular formula is C17H24ClNO5. The summed E-state index contributed by atoms with van der Waals surface area (Å²) >= 11 is 5.86. The predicted molar refractivity (Wildman–Crippen MR) is 90.8 cm³/mol. The van der Waals surface area contributed by atoms with E-state index in [-0.39, 0.29) is 12.5 Å². The first-order valence-electron chi connectivity index (χ1n) is 7.72. The number of benzene rings is 1. The van der Waals surface area contributed by atoms with Crippen molar-refractivity contribution in [1.82, 2.24) is 4.90 Å². The zero-order valence-corrected chi connectivity index (χ0v) is 14.9. The van der Waals surface area contributed by atoms with E-state index in [0.717, 1.165) is 5.56 Å². The molecule has 0 saturated carbocycles. The zero-order chi connectivity index (χ0) is 17.8. The highest BCUT2D eigenvalue weighted by Gasteiger charge is 2.17. The topological polar surface area (TPSA) is 65.1 Å². The molecule has 0 aliphatic rings. The summed E-state index contributed by atoms with van der Waals surface area (Å²) in [6.07, 6.45) is 0.887. The number of amides is 1. The Morgan fingerprint density at radius 1 is 1.08 bits per heavy atom. The summed E-state index contributed by atoms with van der Waals surface area (Å²) < 4.78 is 14.9. The Morgan fingerprint density at radius 2 is 1.79 bits per heavy atom. The van der Waals surface area contributed by atoms with Crippen molar-refractivity contribution in [3.63, 3.8) is 0 Å². The van der Waals surface area contributed by atoms with Gasteiger partial charge in [0.2, 0.25) is 5.91 Å². The Hall–Kier alpha value is -1.63. The van der Waals surface area contributed by atoms with Crippen LogP contribution in [0.5, 0.6) is 0 Å². The van der Waals surface area contributed by atoms with Crippen LogP contribution in [0.25, 0.3) is 0 Å². The molecule has 0 unspecified atom stereocenters. The van der Waals surface area contributed by atoms with Crippen LogP contribution in [0.2, 0.25) is 5.02 Å². The Morgan fingerprint density at radius 3 is 2.42 bits per heavy atom. The zero-order valence-electron chi connectivity index (χ0n) is 14.1. The van der Waals surface area contributed by atoms with Gasteiger partial charge in [-0.2, -0.15) is 0 Å². The van der Waals surface area contributed by atoms with Crippen molar-refractivity contribution < 1.29 is 23.8 Å². The maximum Gasteiger partial charge on any atom is 0.325 e. The van der Waals surface area contributed by atoms with Gasteiger partial charge in [-0.15, -0.1) is 0 Å². The van der Waals surface area contributed by atoms with Crippen LogP contribution >= 0.6 is 11.6 Å². The minimum absolute atomic E-state index is 0.0809. The van der Waals surface area contributed by atoms with Crippen molar-refractivity contribution in [1.29, 1.82) is 0 Å². The van der Waals surface area contributed by atoms with Crippen LogP contribution in [0.15, 0.2) is 24.3 Å². The smallest absolute Gasteiger partial charge is 0.325 e. The van der Waals surface area contributed by atoms with Gasteiger partial charge < -0.3 is 19.1 Å². The van der Waals surface area contributed by atoms with E-state index in [1.165, 1.54) is 12.0 Å². The van der Waals surface area contributed by atoms with Crippen LogP contribution < -0.4 is 0 Å². The van der Waals surface area contributed by atoms with Crippen molar-refractivity contribution in [2.45, 2.75) is 19.4 Å². The molecule has 7 heteroatoms. The molecule has 0 radical (unpaired) electrons. The average Bonchev–Trinajstić information content (AvgIpc) is 2.58.